The van der Waals surface area contributed by atoms with Crippen molar-refractivity contribution in [2.75, 3.05) is 24.6 Å². The van der Waals surface area contributed by atoms with Gasteiger partial charge in [0.2, 0.25) is 0 Å². The van der Waals surface area contributed by atoms with Crippen molar-refractivity contribution in [3.05, 3.63) is 27.9 Å². The second kappa shape index (κ2) is 5.34. The van der Waals surface area contributed by atoms with E-state index in [1.165, 1.54) is 0 Å². The predicted octanol–water partition coefficient (Wildman–Crippen LogP) is 0.541. The van der Waals surface area contributed by atoms with Crippen LogP contribution in [0.1, 0.15) is 12.5 Å². The summed E-state index contributed by atoms with van der Waals surface area (Å²) < 4.78 is 5.25. The number of nitrogens with zero attached hydrogens (tertiary/aromatic N) is 4. The Labute approximate surface area is 119 Å². The van der Waals surface area contributed by atoms with Gasteiger partial charge in [0, 0.05) is 6.07 Å². The maximum absolute atomic E-state index is 10.7. The van der Waals surface area contributed by atoms with Gasteiger partial charge in [-0.15, -0.1) is 0 Å². The summed E-state index contributed by atoms with van der Waals surface area (Å²) in [7, 11) is 0. The zero-order valence-corrected chi connectivity index (χ0v) is 11.1. The van der Waals surface area contributed by atoms with Crippen molar-refractivity contribution in [2.45, 2.75) is 12.5 Å². The maximum Gasteiger partial charge on any atom is 0.329 e. The Bertz CT molecular complexity index is 633. The summed E-state index contributed by atoms with van der Waals surface area (Å²) >= 11 is 0. The zero-order valence-electron chi connectivity index (χ0n) is 11.1. The summed E-state index contributed by atoms with van der Waals surface area (Å²) in [5, 5.41) is 28.3. The number of hydrogen-bond donors (Lipinski definition) is 1. The Morgan fingerprint density at radius 2 is 2.38 bits per heavy atom. The second-order valence-corrected chi connectivity index (χ2v) is 4.92. The van der Waals surface area contributed by atoms with Gasteiger partial charge in [-0.05, 0) is 6.92 Å². The van der Waals surface area contributed by atoms with E-state index in [0.717, 1.165) is 12.3 Å². The summed E-state index contributed by atoms with van der Waals surface area (Å²) in [6.45, 7) is 2.08. The quantitative estimate of drug-likeness (QED) is 0.614. The molecule has 0 spiro atoms. The number of carbonyl (C=O) groups is 1. The van der Waals surface area contributed by atoms with Crippen LogP contribution in [0.25, 0.3) is 0 Å². The molecule has 0 amide bonds. The number of ether oxygens (including phenoxy) is 1. The first-order valence-corrected chi connectivity index (χ1v) is 6.00. The van der Waals surface area contributed by atoms with E-state index >= 15 is 0 Å². The van der Waals surface area contributed by atoms with Gasteiger partial charge < -0.3 is 14.7 Å². The first-order valence-electron chi connectivity index (χ1n) is 6.00. The highest BCUT2D eigenvalue weighted by atomic mass is 16.6. The Hall–Kier alpha value is -2.73. The van der Waals surface area contributed by atoms with Gasteiger partial charge in [0.15, 0.2) is 0 Å². The van der Waals surface area contributed by atoms with Crippen LogP contribution in [-0.4, -0.2) is 46.3 Å². The van der Waals surface area contributed by atoms with Crippen molar-refractivity contribution in [1.82, 2.24) is 4.98 Å². The Morgan fingerprint density at radius 3 is 2.90 bits per heavy atom. The molecule has 0 aliphatic carbocycles. The average molecular weight is 292 g/mol. The molecular weight excluding hydrogens is 280 g/mol. The topological polar surface area (TPSA) is 130 Å². The number of carboxylic acids is 1. The van der Waals surface area contributed by atoms with Crippen LogP contribution in [0, 0.1) is 21.4 Å². The second-order valence-electron chi connectivity index (χ2n) is 4.92. The molecule has 110 valence electrons. The van der Waals surface area contributed by atoms with E-state index in [2.05, 4.69) is 4.98 Å². The van der Waals surface area contributed by atoms with Crippen LogP contribution in [0.2, 0.25) is 0 Å². The van der Waals surface area contributed by atoms with E-state index < -0.39 is 23.1 Å². The van der Waals surface area contributed by atoms with Crippen molar-refractivity contribution in [2.24, 2.45) is 0 Å². The van der Waals surface area contributed by atoms with E-state index in [-0.39, 0.29) is 11.3 Å². The molecule has 0 radical (unpaired) electrons. The minimum atomic E-state index is -1.05. The average Bonchev–Trinajstić information content (AvgIpc) is 2.41. The molecule has 1 aliphatic heterocycles. The van der Waals surface area contributed by atoms with Gasteiger partial charge in [0.1, 0.15) is 35.9 Å². The molecular formula is C12H12N4O5. The van der Waals surface area contributed by atoms with Crippen molar-refractivity contribution in [3.63, 3.8) is 0 Å². The number of pyridine rings is 1. The molecule has 0 aromatic carbocycles. The molecule has 1 N–H and O–H groups in total. The summed E-state index contributed by atoms with van der Waals surface area (Å²) in [5.74, 6) is -0.722. The number of aromatic nitrogens is 1. The number of carboxylic acid groups (broad SMARTS) is 1. The molecule has 21 heavy (non-hydrogen) atoms. The van der Waals surface area contributed by atoms with Crippen LogP contribution in [0.5, 0.6) is 0 Å². The van der Waals surface area contributed by atoms with Crippen molar-refractivity contribution in [3.8, 4) is 6.07 Å². The summed E-state index contributed by atoms with van der Waals surface area (Å²) in [4.78, 5) is 26.2. The lowest BCUT2D eigenvalue weighted by atomic mass is 9.96. The van der Waals surface area contributed by atoms with Crippen molar-refractivity contribution >= 4 is 17.5 Å². The number of nitro groups is 1. The van der Waals surface area contributed by atoms with Crippen LogP contribution in [-0.2, 0) is 9.53 Å². The molecule has 1 aromatic rings. The summed E-state index contributed by atoms with van der Waals surface area (Å²) in [5.41, 5.74) is -0.778. The molecule has 1 fully saturated rings. The van der Waals surface area contributed by atoms with Gasteiger partial charge in [0.05, 0.1) is 18.0 Å². The van der Waals surface area contributed by atoms with Crippen LogP contribution in [0.15, 0.2) is 12.3 Å². The smallest absolute Gasteiger partial charge is 0.329 e. The van der Waals surface area contributed by atoms with Gasteiger partial charge in [-0.3, -0.25) is 10.1 Å². The highest BCUT2D eigenvalue weighted by molar-refractivity contribution is 5.68. The molecule has 0 bridgehead atoms. The Kier molecular flexibility index (Phi) is 3.73. The third kappa shape index (κ3) is 3.06. The van der Waals surface area contributed by atoms with Crippen molar-refractivity contribution < 1.29 is 19.6 Å². The Balaban J connectivity index is 2.10. The lowest BCUT2D eigenvalue weighted by Crippen LogP contribution is -2.62. The molecule has 1 aromatic heterocycles. The van der Waals surface area contributed by atoms with Gasteiger partial charge in [-0.1, -0.05) is 0 Å². The maximum atomic E-state index is 10.7. The number of aliphatic carboxylic acids is 1. The fourth-order valence-corrected chi connectivity index (χ4v) is 2.12. The van der Waals surface area contributed by atoms with Crippen LogP contribution < -0.4 is 4.90 Å². The van der Waals surface area contributed by atoms with Gasteiger partial charge >= 0.3 is 5.97 Å². The van der Waals surface area contributed by atoms with Gasteiger partial charge in [-0.2, -0.15) is 5.26 Å². The fraction of sp³-hybridized carbons (Fsp3) is 0.417. The van der Waals surface area contributed by atoms with E-state index in [1.54, 1.807) is 11.8 Å². The summed E-state index contributed by atoms with van der Waals surface area (Å²) in [6, 6.07) is 3.04. The van der Waals surface area contributed by atoms with Crippen molar-refractivity contribution in [1.29, 1.82) is 5.26 Å². The Morgan fingerprint density at radius 1 is 1.71 bits per heavy atom. The SMILES string of the molecule is CC1(OCC(=O)O)CN(c2ncc([N+](=O)[O-])cc2C#N)C1. The van der Waals surface area contributed by atoms with E-state index in [0.29, 0.717) is 18.9 Å². The standard InChI is InChI=1S/C12H12N4O5/c1-12(21-5-10(17)18)6-15(7-12)11-8(3-13)2-9(4-14-11)16(19)20/h2,4H,5-7H2,1H3,(H,17,18). The highest BCUT2D eigenvalue weighted by Gasteiger charge is 2.42. The monoisotopic (exact) mass is 292 g/mol. The summed E-state index contributed by atoms with van der Waals surface area (Å²) in [6.07, 6.45) is 1.09. The van der Waals surface area contributed by atoms with E-state index in [4.69, 9.17) is 15.1 Å². The third-order valence-electron chi connectivity index (χ3n) is 3.08. The lowest BCUT2D eigenvalue weighted by molar-refractivity contribution is -0.385. The molecule has 2 heterocycles. The number of rotatable bonds is 5. The number of anilines is 1. The normalized spacial score (nSPS) is 15.9. The van der Waals surface area contributed by atoms with Gasteiger partial charge in [0.25, 0.3) is 5.69 Å². The van der Waals surface area contributed by atoms with Crippen LogP contribution >= 0.6 is 0 Å². The first kappa shape index (κ1) is 14.7. The lowest BCUT2D eigenvalue weighted by Gasteiger charge is -2.48. The van der Waals surface area contributed by atoms with Crippen LogP contribution in [0.4, 0.5) is 11.5 Å². The molecule has 2 rings (SSSR count). The molecule has 0 saturated carbocycles. The molecule has 9 nitrogen and oxygen atoms in total. The van der Waals surface area contributed by atoms with E-state index in [1.807, 2.05) is 6.07 Å². The van der Waals surface area contributed by atoms with Gasteiger partial charge in [-0.25, -0.2) is 9.78 Å². The van der Waals surface area contributed by atoms with Crippen LogP contribution in [0.3, 0.4) is 0 Å². The fourth-order valence-electron chi connectivity index (χ4n) is 2.12. The first-order chi connectivity index (χ1) is 9.84. The number of nitriles is 1. The minimum Gasteiger partial charge on any atom is -0.480 e. The molecule has 0 unspecified atom stereocenters. The third-order valence-corrected chi connectivity index (χ3v) is 3.08. The number of hydrogen-bond acceptors (Lipinski definition) is 7. The zero-order chi connectivity index (χ0) is 15.6. The molecule has 9 heteroatoms. The molecule has 0 atom stereocenters. The predicted molar refractivity (Wildman–Crippen MR) is 69.8 cm³/mol. The molecule has 1 aliphatic rings. The molecule has 1 saturated heterocycles. The van der Waals surface area contributed by atoms with E-state index in [9.17, 15) is 14.9 Å². The highest BCUT2D eigenvalue weighted by Crippen LogP contribution is 2.32. The largest absolute Gasteiger partial charge is 0.480 e. The minimum absolute atomic E-state index is 0.101.